The molecule has 0 spiro atoms. The lowest BCUT2D eigenvalue weighted by molar-refractivity contribution is 0.0696. The van der Waals surface area contributed by atoms with Crippen LogP contribution in [0.25, 0.3) is 0 Å². The molecule has 0 saturated carbocycles. The second kappa shape index (κ2) is 10.8. The van der Waals surface area contributed by atoms with Crippen LogP contribution in [0.15, 0.2) is 41.3 Å². The molecule has 0 aromatic heterocycles. The van der Waals surface area contributed by atoms with Crippen molar-refractivity contribution in [3.63, 3.8) is 0 Å². The van der Waals surface area contributed by atoms with Gasteiger partial charge in [0.2, 0.25) is 0 Å². The molecule has 0 amide bonds. The molecule has 1 aliphatic carbocycles. The van der Waals surface area contributed by atoms with E-state index in [0.717, 1.165) is 62.4 Å². The van der Waals surface area contributed by atoms with E-state index in [2.05, 4.69) is 21.9 Å². The summed E-state index contributed by atoms with van der Waals surface area (Å²) in [5, 5.41) is 13.1. The first-order chi connectivity index (χ1) is 16.3. The summed E-state index contributed by atoms with van der Waals surface area (Å²) in [5.41, 5.74) is 2.47. The zero-order chi connectivity index (χ0) is 24.1. The molecule has 8 heteroatoms. The Morgan fingerprint density at radius 2 is 1.88 bits per heavy atom. The number of carboxylic acids is 1. The van der Waals surface area contributed by atoms with Crippen LogP contribution < -0.4 is 10.0 Å². The molecule has 34 heavy (non-hydrogen) atoms. The van der Waals surface area contributed by atoms with Crippen LogP contribution in [-0.2, 0) is 22.9 Å². The van der Waals surface area contributed by atoms with Gasteiger partial charge in [0.25, 0.3) is 10.0 Å². The Morgan fingerprint density at radius 3 is 2.68 bits per heavy atom. The van der Waals surface area contributed by atoms with Crippen LogP contribution in [0.5, 0.6) is 0 Å². The van der Waals surface area contributed by atoms with Gasteiger partial charge in [0.1, 0.15) is 4.90 Å². The summed E-state index contributed by atoms with van der Waals surface area (Å²) in [6.07, 6.45) is 6.86. The van der Waals surface area contributed by atoms with Crippen LogP contribution >= 0.6 is 0 Å². The number of aromatic carboxylic acids is 1. The first kappa shape index (κ1) is 24.5. The Morgan fingerprint density at radius 1 is 1.09 bits per heavy atom. The molecule has 2 aromatic carbocycles. The molecule has 1 aliphatic heterocycles. The molecule has 0 radical (unpaired) electrons. The van der Waals surface area contributed by atoms with Gasteiger partial charge >= 0.3 is 5.97 Å². The summed E-state index contributed by atoms with van der Waals surface area (Å²) in [4.78, 5) is 14.7. The maximum atomic E-state index is 13.3. The first-order valence-electron chi connectivity index (χ1n) is 12.3. The molecule has 3 N–H and O–H groups in total. The van der Waals surface area contributed by atoms with Crippen LogP contribution in [0.3, 0.4) is 0 Å². The Kier molecular flexibility index (Phi) is 7.78. The second-order valence-corrected chi connectivity index (χ2v) is 11.2. The topological polar surface area (TPSA) is 98.7 Å². The van der Waals surface area contributed by atoms with Gasteiger partial charge in [-0.15, -0.1) is 0 Å². The lowest BCUT2D eigenvalue weighted by Gasteiger charge is -2.30. The number of benzene rings is 2. The van der Waals surface area contributed by atoms with Crippen molar-refractivity contribution in [3.8, 4) is 0 Å². The van der Waals surface area contributed by atoms with Crippen molar-refractivity contribution < 1.29 is 18.3 Å². The molecular weight excluding hydrogens is 450 g/mol. The van der Waals surface area contributed by atoms with E-state index in [1.807, 2.05) is 6.07 Å². The molecular formula is C26H35N3O4S. The molecule has 1 saturated heterocycles. The van der Waals surface area contributed by atoms with Crippen molar-refractivity contribution in [3.05, 3.63) is 53.1 Å². The van der Waals surface area contributed by atoms with Gasteiger partial charge in [0, 0.05) is 13.1 Å². The molecule has 1 heterocycles. The number of fused-ring (bicyclic) bond motifs is 1. The SMILES string of the molecule is CC1CCCN(CCCNc2ccccc2S(=O)(=O)Nc2ccc3c(c2C(=O)O)CCCC3)C1. The molecule has 7 nitrogen and oxygen atoms in total. The monoisotopic (exact) mass is 485 g/mol. The van der Waals surface area contributed by atoms with Crippen LogP contribution in [0, 0.1) is 5.92 Å². The number of nitrogens with one attached hydrogen (secondary N) is 2. The number of aryl methyl sites for hydroxylation is 1. The number of sulfonamides is 1. The van der Waals surface area contributed by atoms with Crippen molar-refractivity contribution in [2.24, 2.45) is 5.92 Å². The summed E-state index contributed by atoms with van der Waals surface area (Å²) in [6.45, 7) is 6.20. The van der Waals surface area contributed by atoms with Gasteiger partial charge in [-0.1, -0.05) is 25.1 Å². The quantitative estimate of drug-likeness (QED) is 0.449. The lowest BCUT2D eigenvalue weighted by Crippen LogP contribution is -2.35. The number of likely N-dealkylation sites (tertiary alicyclic amines) is 1. The Labute approximate surface area is 202 Å². The normalized spacial score (nSPS) is 18.8. The molecule has 1 atom stereocenters. The van der Waals surface area contributed by atoms with Crippen LogP contribution in [-0.4, -0.2) is 50.6 Å². The average Bonchev–Trinajstić information content (AvgIpc) is 2.81. The Bertz CT molecular complexity index is 1130. The minimum absolute atomic E-state index is 0.0713. The minimum Gasteiger partial charge on any atom is -0.478 e. The van der Waals surface area contributed by atoms with Gasteiger partial charge in [-0.3, -0.25) is 4.72 Å². The summed E-state index contributed by atoms with van der Waals surface area (Å²) < 4.78 is 29.2. The van der Waals surface area contributed by atoms with Gasteiger partial charge in [0.05, 0.1) is 16.9 Å². The molecule has 2 aliphatic rings. The van der Waals surface area contributed by atoms with Crippen LogP contribution in [0.1, 0.15) is 60.5 Å². The van der Waals surface area contributed by atoms with Gasteiger partial charge in [0.15, 0.2) is 0 Å². The van der Waals surface area contributed by atoms with Gasteiger partial charge < -0.3 is 15.3 Å². The summed E-state index contributed by atoms with van der Waals surface area (Å²) in [7, 11) is -3.98. The number of carbonyl (C=O) groups is 1. The standard InChI is InChI=1S/C26H35N3O4S/c1-19-8-6-16-29(18-19)17-7-15-27-22-11-4-5-12-24(22)34(32,33)28-23-14-13-20-9-2-3-10-21(20)25(23)26(30)31/h4-5,11-14,19,27-28H,2-3,6-10,15-18H2,1H3,(H,30,31). The number of para-hydroxylation sites is 1. The third-order valence-corrected chi connectivity index (χ3v) is 8.30. The highest BCUT2D eigenvalue weighted by Crippen LogP contribution is 2.32. The smallest absolute Gasteiger partial charge is 0.338 e. The third kappa shape index (κ3) is 5.73. The zero-order valence-electron chi connectivity index (χ0n) is 19.8. The highest BCUT2D eigenvalue weighted by molar-refractivity contribution is 7.92. The number of piperidine rings is 1. The lowest BCUT2D eigenvalue weighted by atomic mass is 9.87. The highest BCUT2D eigenvalue weighted by atomic mass is 32.2. The number of hydrogen-bond donors (Lipinski definition) is 3. The summed E-state index contributed by atoms with van der Waals surface area (Å²) in [5.74, 6) is -0.368. The maximum absolute atomic E-state index is 13.3. The Hall–Kier alpha value is -2.58. The molecule has 2 aromatic rings. The van der Waals surface area contributed by atoms with E-state index in [1.165, 1.54) is 12.8 Å². The van der Waals surface area contributed by atoms with Crippen LogP contribution in [0.4, 0.5) is 11.4 Å². The van der Waals surface area contributed by atoms with Gasteiger partial charge in [-0.25, -0.2) is 13.2 Å². The Balaban J connectivity index is 1.48. The van der Waals surface area contributed by atoms with E-state index in [-0.39, 0.29) is 16.1 Å². The number of rotatable bonds is 9. The fraction of sp³-hybridized carbons (Fsp3) is 0.500. The zero-order valence-corrected chi connectivity index (χ0v) is 20.7. The van der Waals surface area contributed by atoms with Crippen molar-refractivity contribution >= 4 is 27.4 Å². The fourth-order valence-electron chi connectivity index (χ4n) is 5.22. The van der Waals surface area contributed by atoms with E-state index in [4.69, 9.17) is 0 Å². The fourth-order valence-corrected chi connectivity index (χ4v) is 6.48. The molecule has 1 unspecified atom stereocenters. The summed E-state index contributed by atoms with van der Waals surface area (Å²) in [6, 6.07) is 10.2. The predicted octanol–water partition coefficient (Wildman–Crippen LogP) is 4.60. The largest absolute Gasteiger partial charge is 0.478 e. The van der Waals surface area contributed by atoms with E-state index in [1.54, 1.807) is 30.3 Å². The van der Waals surface area contributed by atoms with Gasteiger partial charge in [-0.2, -0.15) is 0 Å². The number of hydrogen-bond acceptors (Lipinski definition) is 5. The molecule has 184 valence electrons. The number of nitrogens with zero attached hydrogens (tertiary/aromatic N) is 1. The van der Waals surface area contributed by atoms with Crippen molar-refractivity contribution in [2.45, 2.75) is 56.8 Å². The summed E-state index contributed by atoms with van der Waals surface area (Å²) >= 11 is 0. The third-order valence-electron chi connectivity index (χ3n) is 6.88. The van der Waals surface area contributed by atoms with Crippen LogP contribution in [0.2, 0.25) is 0 Å². The highest BCUT2D eigenvalue weighted by Gasteiger charge is 2.25. The predicted molar refractivity (Wildman–Crippen MR) is 135 cm³/mol. The maximum Gasteiger partial charge on any atom is 0.338 e. The van der Waals surface area contributed by atoms with E-state index >= 15 is 0 Å². The van der Waals surface area contributed by atoms with E-state index in [9.17, 15) is 18.3 Å². The average molecular weight is 486 g/mol. The van der Waals surface area contributed by atoms with E-state index < -0.39 is 16.0 Å². The van der Waals surface area contributed by atoms with E-state index in [0.29, 0.717) is 18.7 Å². The van der Waals surface area contributed by atoms with Crippen molar-refractivity contribution in [1.82, 2.24) is 4.90 Å². The number of carboxylic acid groups (broad SMARTS) is 1. The minimum atomic E-state index is -3.98. The van der Waals surface area contributed by atoms with Crippen molar-refractivity contribution in [1.29, 1.82) is 0 Å². The molecule has 0 bridgehead atoms. The van der Waals surface area contributed by atoms with Gasteiger partial charge in [-0.05, 0) is 93.3 Å². The molecule has 1 fully saturated rings. The first-order valence-corrected chi connectivity index (χ1v) is 13.8. The van der Waals surface area contributed by atoms with Crippen molar-refractivity contribution in [2.75, 3.05) is 36.2 Å². The second-order valence-electron chi connectivity index (χ2n) is 9.57. The molecule has 4 rings (SSSR count). The number of anilines is 2.